The van der Waals surface area contributed by atoms with E-state index < -0.39 is 0 Å². The molecule has 0 aromatic carbocycles. The van der Waals surface area contributed by atoms with Crippen LogP contribution in [-0.4, -0.2) is 0 Å². The lowest BCUT2D eigenvalue weighted by Crippen LogP contribution is -1.95. The average molecular weight is 94.2 g/mol. The fourth-order valence-corrected chi connectivity index (χ4v) is 0.755. The molecule has 0 spiro atoms. The van der Waals surface area contributed by atoms with Crippen molar-refractivity contribution in [2.24, 2.45) is 5.92 Å². The zero-order valence-corrected chi connectivity index (χ0v) is 4.70. The third-order valence-corrected chi connectivity index (χ3v) is 1.34. The van der Waals surface area contributed by atoms with Gasteiger partial charge in [-0.1, -0.05) is 6.92 Å². The monoisotopic (exact) mass is 94.1 g/mol. The maximum absolute atomic E-state index is 3.08. The summed E-state index contributed by atoms with van der Waals surface area (Å²) < 4.78 is 0. The Morgan fingerprint density at radius 2 is 2.29 bits per heavy atom. The van der Waals surface area contributed by atoms with Gasteiger partial charge in [-0.25, -0.2) is 0 Å². The van der Waals surface area contributed by atoms with Crippen molar-refractivity contribution in [2.75, 3.05) is 0 Å². The van der Waals surface area contributed by atoms with Gasteiger partial charge in [0.2, 0.25) is 0 Å². The molecular weight excluding hydrogens is 84.1 g/mol. The van der Waals surface area contributed by atoms with Gasteiger partial charge in [-0.2, -0.15) is 0 Å². The van der Waals surface area contributed by atoms with Crippen molar-refractivity contribution in [1.82, 2.24) is 0 Å². The summed E-state index contributed by atoms with van der Waals surface area (Å²) in [4.78, 5) is 0. The quantitative estimate of drug-likeness (QED) is 0.401. The van der Waals surface area contributed by atoms with Gasteiger partial charge in [-0.15, -0.1) is 11.8 Å². The summed E-state index contributed by atoms with van der Waals surface area (Å²) in [7, 11) is 0. The van der Waals surface area contributed by atoms with E-state index >= 15 is 0 Å². The molecule has 0 unspecified atom stereocenters. The molecule has 0 aliphatic heterocycles. The summed E-state index contributed by atoms with van der Waals surface area (Å²) >= 11 is 0. The van der Waals surface area contributed by atoms with Crippen molar-refractivity contribution in [3.63, 3.8) is 0 Å². The predicted octanol–water partition coefficient (Wildman–Crippen LogP) is 1.81. The van der Waals surface area contributed by atoms with Crippen LogP contribution in [0.25, 0.3) is 0 Å². The number of hydrogen-bond acceptors (Lipinski definition) is 0. The van der Waals surface area contributed by atoms with Gasteiger partial charge in [0.05, 0.1) is 0 Å². The Bertz CT molecular complexity index is 103. The summed E-state index contributed by atoms with van der Waals surface area (Å²) in [5.74, 6) is 7.01. The SMILES string of the molecule is C[C@H]1CC#CCC1. The third kappa shape index (κ3) is 1.23. The molecule has 0 aromatic rings. The molecule has 0 nitrogen and oxygen atoms in total. The molecule has 1 rings (SSSR count). The normalized spacial score (nSPS) is 28.4. The molecule has 1 aliphatic carbocycles. The first kappa shape index (κ1) is 4.71. The highest BCUT2D eigenvalue weighted by molar-refractivity contribution is 5.03. The van der Waals surface area contributed by atoms with Crippen LogP contribution in [0.4, 0.5) is 0 Å². The fraction of sp³-hybridized carbons (Fsp3) is 0.714. The van der Waals surface area contributed by atoms with Crippen LogP contribution in [0, 0.1) is 17.8 Å². The minimum Gasteiger partial charge on any atom is -0.103 e. The Balaban J connectivity index is 2.39. The van der Waals surface area contributed by atoms with Crippen LogP contribution in [0.3, 0.4) is 0 Å². The Hall–Kier alpha value is -0.440. The second-order valence-corrected chi connectivity index (χ2v) is 2.20. The van der Waals surface area contributed by atoms with E-state index in [0.29, 0.717) is 0 Å². The second-order valence-electron chi connectivity index (χ2n) is 2.20. The van der Waals surface area contributed by atoms with E-state index in [-0.39, 0.29) is 0 Å². The highest BCUT2D eigenvalue weighted by atomic mass is 14.0. The minimum atomic E-state index is 0.862. The lowest BCUT2D eigenvalue weighted by atomic mass is 9.99. The van der Waals surface area contributed by atoms with Crippen molar-refractivity contribution in [3.05, 3.63) is 0 Å². The Kier molecular flexibility index (Phi) is 1.36. The van der Waals surface area contributed by atoms with E-state index in [1.165, 1.54) is 6.42 Å². The van der Waals surface area contributed by atoms with Gasteiger partial charge in [0.15, 0.2) is 0 Å². The molecule has 1 atom stereocenters. The zero-order valence-electron chi connectivity index (χ0n) is 4.70. The molecule has 0 aromatic heterocycles. The molecule has 0 saturated heterocycles. The van der Waals surface area contributed by atoms with Gasteiger partial charge in [0.25, 0.3) is 0 Å². The van der Waals surface area contributed by atoms with E-state index in [4.69, 9.17) is 0 Å². The van der Waals surface area contributed by atoms with Crippen LogP contribution in [0.2, 0.25) is 0 Å². The minimum absolute atomic E-state index is 0.862. The van der Waals surface area contributed by atoms with Crippen LogP contribution in [0.5, 0.6) is 0 Å². The fourth-order valence-electron chi connectivity index (χ4n) is 0.755. The van der Waals surface area contributed by atoms with Crippen LogP contribution in [0.1, 0.15) is 26.2 Å². The van der Waals surface area contributed by atoms with Gasteiger partial charge in [-0.3, -0.25) is 0 Å². The molecule has 38 valence electrons. The summed E-state index contributed by atoms with van der Waals surface area (Å²) in [6.45, 7) is 2.26. The summed E-state index contributed by atoms with van der Waals surface area (Å²) in [5, 5.41) is 0. The molecule has 7 heavy (non-hydrogen) atoms. The maximum atomic E-state index is 3.08. The topological polar surface area (TPSA) is 0 Å². The van der Waals surface area contributed by atoms with Crippen molar-refractivity contribution in [2.45, 2.75) is 26.2 Å². The van der Waals surface area contributed by atoms with Gasteiger partial charge in [0.1, 0.15) is 0 Å². The lowest BCUT2D eigenvalue weighted by molar-refractivity contribution is 0.546. The summed E-state index contributed by atoms with van der Waals surface area (Å²) in [5.41, 5.74) is 0. The van der Waals surface area contributed by atoms with Gasteiger partial charge in [-0.05, 0) is 12.3 Å². The lowest BCUT2D eigenvalue weighted by Gasteiger charge is -2.06. The number of rotatable bonds is 0. The molecule has 0 radical (unpaired) electrons. The first-order chi connectivity index (χ1) is 3.39. The predicted molar refractivity (Wildman–Crippen MR) is 30.8 cm³/mol. The molecule has 0 N–H and O–H groups in total. The van der Waals surface area contributed by atoms with Gasteiger partial charge in [0, 0.05) is 12.8 Å². The largest absolute Gasteiger partial charge is 0.103 e. The number of hydrogen-bond donors (Lipinski definition) is 0. The van der Waals surface area contributed by atoms with E-state index in [9.17, 15) is 0 Å². The molecule has 0 amide bonds. The van der Waals surface area contributed by atoms with Gasteiger partial charge < -0.3 is 0 Å². The van der Waals surface area contributed by atoms with E-state index in [1.807, 2.05) is 0 Å². The second kappa shape index (κ2) is 2.02. The van der Waals surface area contributed by atoms with E-state index in [0.717, 1.165) is 18.8 Å². The van der Waals surface area contributed by atoms with E-state index in [2.05, 4.69) is 18.8 Å². The van der Waals surface area contributed by atoms with Crippen LogP contribution in [-0.2, 0) is 0 Å². The van der Waals surface area contributed by atoms with Crippen molar-refractivity contribution in [1.29, 1.82) is 0 Å². The Morgan fingerprint density at radius 3 is 2.57 bits per heavy atom. The first-order valence-corrected chi connectivity index (χ1v) is 2.85. The third-order valence-electron chi connectivity index (χ3n) is 1.34. The highest BCUT2D eigenvalue weighted by Crippen LogP contribution is 2.11. The standard InChI is InChI=1S/C7H10/c1-7-5-3-2-4-6-7/h7H,3,5-6H2,1H3/t7-/m1/s1. The molecule has 1 aliphatic rings. The first-order valence-electron chi connectivity index (χ1n) is 2.85. The molecule has 0 heterocycles. The molecule has 0 saturated carbocycles. The average Bonchev–Trinajstić information content (AvgIpc) is 1.69. The summed E-state index contributed by atoms with van der Waals surface area (Å²) in [6, 6.07) is 0. The molecule has 0 heteroatoms. The van der Waals surface area contributed by atoms with Gasteiger partial charge >= 0.3 is 0 Å². The Labute approximate surface area is 44.9 Å². The van der Waals surface area contributed by atoms with E-state index in [1.54, 1.807) is 0 Å². The molecule has 0 fully saturated rings. The summed E-state index contributed by atoms with van der Waals surface area (Å²) in [6.07, 6.45) is 3.56. The van der Waals surface area contributed by atoms with Crippen LogP contribution >= 0.6 is 0 Å². The smallest absolute Gasteiger partial charge is 0.0115 e. The maximum Gasteiger partial charge on any atom is 0.0115 e. The zero-order chi connectivity index (χ0) is 5.11. The van der Waals surface area contributed by atoms with Crippen molar-refractivity contribution < 1.29 is 0 Å². The van der Waals surface area contributed by atoms with Crippen molar-refractivity contribution >= 4 is 0 Å². The Morgan fingerprint density at radius 1 is 1.43 bits per heavy atom. The van der Waals surface area contributed by atoms with Crippen LogP contribution in [0.15, 0.2) is 0 Å². The molecular formula is C7H10. The molecule has 0 bridgehead atoms. The highest BCUT2D eigenvalue weighted by Gasteiger charge is 2.00. The van der Waals surface area contributed by atoms with Crippen LogP contribution < -0.4 is 0 Å². The van der Waals surface area contributed by atoms with Crippen molar-refractivity contribution in [3.8, 4) is 11.8 Å².